The van der Waals surface area contributed by atoms with Crippen molar-refractivity contribution < 1.29 is 9.47 Å². The third-order valence-corrected chi connectivity index (χ3v) is 6.53. The maximum absolute atomic E-state index is 6.86. The van der Waals surface area contributed by atoms with Crippen LogP contribution in [-0.2, 0) is 10.5 Å². The summed E-state index contributed by atoms with van der Waals surface area (Å²) >= 11 is 6.15. The van der Waals surface area contributed by atoms with Gasteiger partial charge in [-0.2, -0.15) is 4.68 Å². The number of anilines is 1. The molecule has 0 aliphatic heterocycles. The standard InChI is InChI=1S/C30H28N4O2S/c1-2-35-28(23-14-6-3-7-15-23)22-30(36-25-18-10-5-11-19-25,29(37)31-24-16-8-4-9-17-24)34-27-21-13-12-20-26(27)32-33-34/h3-21,28H,2,22H2,1H3,(H,31,37). The van der Waals surface area contributed by atoms with Gasteiger partial charge in [0, 0.05) is 18.7 Å². The molecular weight excluding hydrogens is 480 g/mol. The lowest BCUT2D eigenvalue weighted by Gasteiger charge is -2.38. The number of benzene rings is 4. The summed E-state index contributed by atoms with van der Waals surface area (Å²) in [6.45, 7) is 2.51. The second kappa shape index (κ2) is 11.3. The van der Waals surface area contributed by atoms with Crippen LogP contribution in [0.15, 0.2) is 115 Å². The van der Waals surface area contributed by atoms with E-state index in [0.29, 0.717) is 23.8 Å². The summed E-state index contributed by atoms with van der Waals surface area (Å²) in [7, 11) is 0. The summed E-state index contributed by atoms with van der Waals surface area (Å²) < 4.78 is 14.9. The molecule has 0 aliphatic carbocycles. The van der Waals surface area contributed by atoms with Crippen molar-refractivity contribution in [2.75, 3.05) is 11.9 Å². The number of fused-ring (bicyclic) bond motifs is 1. The monoisotopic (exact) mass is 508 g/mol. The van der Waals surface area contributed by atoms with E-state index in [1.54, 1.807) is 4.68 Å². The van der Waals surface area contributed by atoms with Crippen molar-refractivity contribution in [2.45, 2.75) is 25.2 Å². The van der Waals surface area contributed by atoms with Gasteiger partial charge >= 0.3 is 0 Å². The van der Waals surface area contributed by atoms with Crippen LogP contribution in [0.4, 0.5) is 5.69 Å². The molecule has 0 saturated carbocycles. The number of ether oxygens (including phenoxy) is 2. The Bertz CT molecular complexity index is 1440. The van der Waals surface area contributed by atoms with Gasteiger partial charge in [0.2, 0.25) is 0 Å². The Kier molecular flexibility index (Phi) is 7.54. The molecule has 1 heterocycles. The normalized spacial score (nSPS) is 13.5. The van der Waals surface area contributed by atoms with Crippen LogP contribution < -0.4 is 10.1 Å². The van der Waals surface area contributed by atoms with Gasteiger partial charge in [-0.15, -0.1) is 5.10 Å². The first-order chi connectivity index (χ1) is 18.2. The minimum Gasteiger partial charge on any atom is -0.459 e. The first-order valence-corrected chi connectivity index (χ1v) is 12.7. The predicted octanol–water partition coefficient (Wildman–Crippen LogP) is 6.77. The van der Waals surface area contributed by atoms with Gasteiger partial charge in [-0.25, -0.2) is 0 Å². The highest BCUT2D eigenvalue weighted by Crippen LogP contribution is 2.37. The maximum Gasteiger partial charge on any atom is 0.257 e. The zero-order valence-corrected chi connectivity index (χ0v) is 21.3. The molecule has 0 spiro atoms. The van der Waals surface area contributed by atoms with Gasteiger partial charge < -0.3 is 14.8 Å². The lowest BCUT2D eigenvalue weighted by Crippen LogP contribution is -2.51. The van der Waals surface area contributed by atoms with Crippen LogP contribution in [-0.4, -0.2) is 26.6 Å². The van der Waals surface area contributed by atoms with E-state index in [-0.39, 0.29) is 6.10 Å². The first kappa shape index (κ1) is 24.6. The molecule has 7 heteroatoms. The van der Waals surface area contributed by atoms with E-state index >= 15 is 0 Å². The Morgan fingerprint density at radius 2 is 1.49 bits per heavy atom. The lowest BCUT2D eigenvalue weighted by molar-refractivity contribution is -0.0299. The van der Waals surface area contributed by atoms with E-state index in [4.69, 9.17) is 21.7 Å². The molecule has 4 aromatic carbocycles. The van der Waals surface area contributed by atoms with Crippen LogP contribution in [0.1, 0.15) is 25.0 Å². The van der Waals surface area contributed by atoms with Crippen molar-refractivity contribution in [1.29, 1.82) is 0 Å². The summed E-state index contributed by atoms with van der Waals surface area (Å²) in [5, 5.41) is 12.5. The van der Waals surface area contributed by atoms with Crippen LogP contribution in [0.25, 0.3) is 11.0 Å². The quantitative estimate of drug-likeness (QED) is 0.210. The molecule has 37 heavy (non-hydrogen) atoms. The Hall–Kier alpha value is -4.07. The number of thiocarbonyl (C=S) groups is 1. The molecule has 2 unspecified atom stereocenters. The summed E-state index contributed by atoms with van der Waals surface area (Å²) in [4.78, 5) is 0.443. The zero-order valence-electron chi connectivity index (χ0n) is 20.5. The first-order valence-electron chi connectivity index (χ1n) is 12.3. The number of nitrogens with zero attached hydrogens (tertiary/aromatic N) is 3. The van der Waals surface area contributed by atoms with Crippen LogP contribution >= 0.6 is 12.2 Å². The molecule has 1 aromatic heterocycles. The number of hydrogen-bond acceptors (Lipinski definition) is 5. The van der Waals surface area contributed by atoms with Crippen LogP contribution in [0.2, 0.25) is 0 Å². The summed E-state index contributed by atoms with van der Waals surface area (Å²) in [5.41, 5.74) is 2.17. The molecular formula is C30H28N4O2S. The van der Waals surface area contributed by atoms with Crippen molar-refractivity contribution in [3.63, 3.8) is 0 Å². The molecule has 0 fully saturated rings. The fourth-order valence-corrected chi connectivity index (χ4v) is 4.70. The number of rotatable bonds is 10. The Balaban J connectivity index is 1.70. The van der Waals surface area contributed by atoms with Crippen molar-refractivity contribution >= 4 is 33.9 Å². The van der Waals surface area contributed by atoms with E-state index in [1.165, 1.54) is 0 Å². The van der Waals surface area contributed by atoms with Crippen molar-refractivity contribution in [1.82, 2.24) is 15.0 Å². The Labute approximate surface area is 221 Å². The Morgan fingerprint density at radius 1 is 0.865 bits per heavy atom. The van der Waals surface area contributed by atoms with Gasteiger partial charge in [-0.05, 0) is 48.9 Å². The largest absolute Gasteiger partial charge is 0.459 e. The second-order valence-electron chi connectivity index (χ2n) is 8.57. The van der Waals surface area contributed by atoms with Crippen LogP contribution in [0.3, 0.4) is 0 Å². The molecule has 0 aliphatic rings. The van der Waals surface area contributed by atoms with Crippen molar-refractivity contribution in [3.8, 4) is 5.75 Å². The molecule has 0 saturated heterocycles. The minimum atomic E-state index is -1.27. The topological polar surface area (TPSA) is 61.2 Å². The maximum atomic E-state index is 6.86. The fourth-order valence-electron chi connectivity index (χ4n) is 4.37. The van der Waals surface area contributed by atoms with Gasteiger partial charge in [0.05, 0.1) is 11.6 Å². The summed E-state index contributed by atoms with van der Waals surface area (Å²) in [6.07, 6.45) is 0.0274. The fraction of sp³-hybridized carbons (Fsp3) is 0.167. The van der Waals surface area contributed by atoms with Crippen LogP contribution in [0.5, 0.6) is 5.75 Å². The number of aromatic nitrogens is 3. The number of hydrogen-bond donors (Lipinski definition) is 1. The highest BCUT2D eigenvalue weighted by Gasteiger charge is 2.45. The molecule has 5 rings (SSSR count). The summed E-state index contributed by atoms with van der Waals surface area (Å²) in [6, 6.07) is 37.4. The van der Waals surface area contributed by atoms with Crippen LogP contribution in [0, 0.1) is 0 Å². The summed E-state index contributed by atoms with van der Waals surface area (Å²) in [5.74, 6) is 0.655. The van der Waals surface area contributed by atoms with Gasteiger partial charge in [-0.1, -0.05) is 96.3 Å². The molecule has 186 valence electrons. The molecule has 2 atom stereocenters. The van der Waals surface area contributed by atoms with E-state index in [1.807, 2.05) is 110 Å². The number of nitrogens with one attached hydrogen (secondary N) is 1. The minimum absolute atomic E-state index is 0.326. The van der Waals surface area contributed by atoms with Gasteiger partial charge in [0.1, 0.15) is 16.3 Å². The average Bonchev–Trinajstić information content (AvgIpc) is 3.39. The van der Waals surface area contributed by atoms with Crippen molar-refractivity contribution in [2.24, 2.45) is 0 Å². The predicted molar refractivity (Wildman–Crippen MR) is 151 cm³/mol. The highest BCUT2D eigenvalue weighted by molar-refractivity contribution is 7.80. The average molecular weight is 509 g/mol. The van der Waals surface area contributed by atoms with E-state index in [9.17, 15) is 0 Å². The van der Waals surface area contributed by atoms with Gasteiger partial charge in [0.15, 0.2) is 0 Å². The van der Waals surface area contributed by atoms with E-state index < -0.39 is 5.72 Å². The van der Waals surface area contributed by atoms with Gasteiger partial charge in [-0.3, -0.25) is 0 Å². The second-order valence-corrected chi connectivity index (χ2v) is 8.98. The van der Waals surface area contributed by atoms with Crippen molar-refractivity contribution in [3.05, 3.63) is 121 Å². The van der Waals surface area contributed by atoms with E-state index in [0.717, 1.165) is 22.3 Å². The zero-order chi connectivity index (χ0) is 25.5. The molecule has 0 bridgehead atoms. The van der Waals surface area contributed by atoms with E-state index in [2.05, 4.69) is 27.8 Å². The number of para-hydroxylation sites is 3. The molecule has 0 radical (unpaired) electrons. The third kappa shape index (κ3) is 5.38. The lowest BCUT2D eigenvalue weighted by atomic mass is 9.97. The Morgan fingerprint density at radius 3 is 2.19 bits per heavy atom. The molecule has 1 N–H and O–H groups in total. The SMILES string of the molecule is CCOC(CC(Oc1ccccc1)(C(=S)Nc1ccccc1)n1nnc2ccccc21)c1ccccc1. The smallest absolute Gasteiger partial charge is 0.257 e. The third-order valence-electron chi connectivity index (χ3n) is 6.11. The molecule has 0 amide bonds. The molecule has 5 aromatic rings. The highest BCUT2D eigenvalue weighted by atomic mass is 32.1. The molecule has 6 nitrogen and oxygen atoms in total. The van der Waals surface area contributed by atoms with Gasteiger partial charge in [0.25, 0.3) is 5.72 Å².